The molecule has 1 aliphatic rings. The van der Waals surface area contributed by atoms with Crippen molar-refractivity contribution in [1.82, 2.24) is 9.97 Å². The van der Waals surface area contributed by atoms with Crippen molar-refractivity contribution < 1.29 is 9.53 Å². The molecule has 0 atom stereocenters. The molecule has 0 amide bonds. The predicted octanol–water partition coefficient (Wildman–Crippen LogP) is 0.725. The zero-order valence-corrected chi connectivity index (χ0v) is 10.4. The molecule has 3 N–H and O–H groups in total. The largest absolute Gasteiger partial charge is 0.466 e. The number of hydrogen-bond acceptors (Lipinski definition) is 5. The molecule has 0 aliphatic heterocycles. The van der Waals surface area contributed by atoms with Crippen LogP contribution in [0.2, 0.25) is 0 Å². The lowest BCUT2D eigenvalue weighted by molar-refractivity contribution is -0.142. The fraction of sp³-hybridized carbons (Fsp3) is 0.583. The average Bonchev–Trinajstić information content (AvgIpc) is 2.21. The van der Waals surface area contributed by atoms with Crippen LogP contribution in [0, 0.1) is 0 Å². The highest BCUT2D eigenvalue weighted by atomic mass is 16.5. The van der Waals surface area contributed by atoms with Gasteiger partial charge < -0.3 is 15.5 Å². The maximum Gasteiger partial charge on any atom is 0.310 e. The third kappa shape index (κ3) is 2.52. The van der Waals surface area contributed by atoms with Gasteiger partial charge in [-0.1, -0.05) is 6.42 Å². The lowest BCUT2D eigenvalue weighted by Crippen LogP contribution is -2.25. The van der Waals surface area contributed by atoms with Crippen molar-refractivity contribution in [3.05, 3.63) is 21.7 Å². The number of aromatic amines is 1. The number of rotatable bonds is 4. The summed E-state index contributed by atoms with van der Waals surface area (Å²) in [6.07, 6.45) is 3.07. The van der Waals surface area contributed by atoms with Crippen LogP contribution in [0.25, 0.3) is 0 Å². The first-order valence-electron chi connectivity index (χ1n) is 6.16. The summed E-state index contributed by atoms with van der Waals surface area (Å²) in [5.41, 5.74) is 5.60. The van der Waals surface area contributed by atoms with Crippen molar-refractivity contribution in [1.29, 1.82) is 0 Å². The number of anilines is 1. The van der Waals surface area contributed by atoms with Gasteiger partial charge >= 0.3 is 5.97 Å². The first-order valence-corrected chi connectivity index (χ1v) is 6.16. The van der Waals surface area contributed by atoms with Crippen LogP contribution in [0.5, 0.6) is 0 Å². The molecule has 6 nitrogen and oxygen atoms in total. The quantitative estimate of drug-likeness (QED) is 0.768. The van der Waals surface area contributed by atoms with E-state index in [1.54, 1.807) is 6.92 Å². The Bertz CT molecular complexity index is 506. The summed E-state index contributed by atoms with van der Waals surface area (Å²) < 4.78 is 4.79. The SMILES string of the molecule is CCOC(=O)Cc1c(N)nc(C2CCC2)[nH]c1=O. The Labute approximate surface area is 105 Å². The Morgan fingerprint density at radius 2 is 2.28 bits per heavy atom. The van der Waals surface area contributed by atoms with E-state index >= 15 is 0 Å². The number of ether oxygens (including phenoxy) is 1. The second-order valence-corrected chi connectivity index (χ2v) is 4.42. The van der Waals surface area contributed by atoms with Crippen LogP contribution in [-0.2, 0) is 16.0 Å². The van der Waals surface area contributed by atoms with Gasteiger partial charge in [0.25, 0.3) is 5.56 Å². The number of esters is 1. The normalized spacial score (nSPS) is 15.2. The number of hydrogen-bond donors (Lipinski definition) is 2. The Morgan fingerprint density at radius 1 is 1.56 bits per heavy atom. The average molecular weight is 251 g/mol. The summed E-state index contributed by atoms with van der Waals surface area (Å²) in [5, 5.41) is 0. The molecule has 2 rings (SSSR count). The van der Waals surface area contributed by atoms with Crippen LogP contribution >= 0.6 is 0 Å². The molecule has 1 saturated carbocycles. The number of nitrogens with two attached hydrogens (primary N) is 1. The maximum absolute atomic E-state index is 11.9. The van der Waals surface area contributed by atoms with Crippen LogP contribution in [0.15, 0.2) is 4.79 Å². The minimum atomic E-state index is -0.465. The lowest BCUT2D eigenvalue weighted by Gasteiger charge is -2.24. The highest BCUT2D eigenvalue weighted by Gasteiger charge is 2.23. The molecule has 1 fully saturated rings. The number of H-pyrrole nitrogens is 1. The molecule has 0 aromatic carbocycles. The van der Waals surface area contributed by atoms with E-state index in [2.05, 4.69) is 9.97 Å². The van der Waals surface area contributed by atoms with Gasteiger partial charge in [-0.2, -0.15) is 0 Å². The Kier molecular flexibility index (Phi) is 3.64. The van der Waals surface area contributed by atoms with E-state index in [9.17, 15) is 9.59 Å². The van der Waals surface area contributed by atoms with Gasteiger partial charge in [-0.05, 0) is 19.8 Å². The zero-order chi connectivity index (χ0) is 13.1. The van der Waals surface area contributed by atoms with Crippen LogP contribution < -0.4 is 11.3 Å². The van der Waals surface area contributed by atoms with Gasteiger partial charge in [0.2, 0.25) is 0 Å². The third-order valence-electron chi connectivity index (χ3n) is 3.18. The number of nitrogens with zero attached hydrogens (tertiary/aromatic N) is 1. The summed E-state index contributed by atoms with van der Waals surface area (Å²) in [5.74, 6) is 0.606. The Balaban J connectivity index is 2.21. The topological polar surface area (TPSA) is 98.1 Å². The van der Waals surface area contributed by atoms with E-state index in [1.165, 1.54) is 0 Å². The van der Waals surface area contributed by atoms with Crippen molar-refractivity contribution >= 4 is 11.8 Å². The third-order valence-corrected chi connectivity index (χ3v) is 3.18. The number of carbonyl (C=O) groups excluding carboxylic acids is 1. The molecule has 6 heteroatoms. The highest BCUT2D eigenvalue weighted by molar-refractivity contribution is 5.74. The van der Waals surface area contributed by atoms with Gasteiger partial charge in [0, 0.05) is 5.92 Å². The number of nitrogens with one attached hydrogen (secondary N) is 1. The molecule has 0 bridgehead atoms. The van der Waals surface area contributed by atoms with Crippen molar-refractivity contribution in [3.8, 4) is 0 Å². The standard InChI is InChI=1S/C12H17N3O3/c1-2-18-9(16)6-8-10(13)14-11(15-12(8)17)7-4-3-5-7/h7H,2-6H2,1H3,(H3,13,14,15,17). The molecule has 0 saturated heterocycles. The molecule has 98 valence electrons. The summed E-state index contributed by atoms with van der Waals surface area (Å²) in [6, 6.07) is 0. The Hall–Kier alpha value is -1.85. The van der Waals surface area contributed by atoms with Gasteiger partial charge in [0.15, 0.2) is 0 Å². The van der Waals surface area contributed by atoms with Crippen LogP contribution in [0.3, 0.4) is 0 Å². The number of nitrogen functional groups attached to an aromatic ring is 1. The van der Waals surface area contributed by atoms with Gasteiger partial charge in [0.05, 0.1) is 18.6 Å². The molecule has 0 spiro atoms. The Morgan fingerprint density at radius 3 is 2.78 bits per heavy atom. The van der Waals surface area contributed by atoms with Crippen molar-refractivity contribution in [2.45, 2.75) is 38.5 Å². The molecular weight excluding hydrogens is 234 g/mol. The molecule has 1 aromatic rings. The smallest absolute Gasteiger partial charge is 0.310 e. The molecule has 1 aliphatic carbocycles. The van der Waals surface area contributed by atoms with Crippen molar-refractivity contribution in [3.63, 3.8) is 0 Å². The highest BCUT2D eigenvalue weighted by Crippen LogP contribution is 2.34. The summed E-state index contributed by atoms with van der Waals surface area (Å²) >= 11 is 0. The van der Waals surface area contributed by atoms with Gasteiger partial charge in [0.1, 0.15) is 11.6 Å². The molecule has 0 radical (unpaired) electrons. The number of carbonyl (C=O) groups is 1. The first-order chi connectivity index (χ1) is 8.61. The monoisotopic (exact) mass is 251 g/mol. The minimum Gasteiger partial charge on any atom is -0.466 e. The molecular formula is C12H17N3O3. The molecule has 1 aromatic heterocycles. The molecule has 1 heterocycles. The van der Waals surface area contributed by atoms with Gasteiger partial charge in [-0.15, -0.1) is 0 Å². The number of aromatic nitrogens is 2. The zero-order valence-electron chi connectivity index (χ0n) is 10.4. The van der Waals surface area contributed by atoms with E-state index in [0.29, 0.717) is 11.7 Å². The summed E-state index contributed by atoms with van der Waals surface area (Å²) in [7, 11) is 0. The van der Waals surface area contributed by atoms with E-state index in [0.717, 1.165) is 19.3 Å². The van der Waals surface area contributed by atoms with E-state index < -0.39 is 5.97 Å². The van der Waals surface area contributed by atoms with E-state index in [4.69, 9.17) is 10.5 Å². The van der Waals surface area contributed by atoms with Gasteiger partial charge in [-0.25, -0.2) is 4.98 Å². The molecule has 0 unspecified atom stereocenters. The summed E-state index contributed by atoms with van der Waals surface area (Å²) in [4.78, 5) is 30.1. The molecule has 18 heavy (non-hydrogen) atoms. The van der Waals surface area contributed by atoms with Crippen LogP contribution in [0.1, 0.15) is 43.5 Å². The van der Waals surface area contributed by atoms with Crippen molar-refractivity contribution in [2.75, 3.05) is 12.3 Å². The van der Waals surface area contributed by atoms with Crippen molar-refractivity contribution in [2.24, 2.45) is 0 Å². The van der Waals surface area contributed by atoms with Crippen LogP contribution in [-0.4, -0.2) is 22.5 Å². The second kappa shape index (κ2) is 5.20. The predicted molar refractivity (Wildman–Crippen MR) is 66.2 cm³/mol. The first kappa shape index (κ1) is 12.6. The second-order valence-electron chi connectivity index (χ2n) is 4.42. The fourth-order valence-corrected chi connectivity index (χ4v) is 1.94. The van der Waals surface area contributed by atoms with Gasteiger partial charge in [-0.3, -0.25) is 9.59 Å². The van der Waals surface area contributed by atoms with Crippen LogP contribution in [0.4, 0.5) is 5.82 Å². The fourth-order valence-electron chi connectivity index (χ4n) is 1.94. The summed E-state index contributed by atoms with van der Waals surface area (Å²) in [6.45, 7) is 1.99. The van der Waals surface area contributed by atoms with E-state index in [1.807, 2.05) is 0 Å². The lowest BCUT2D eigenvalue weighted by atomic mass is 9.85. The maximum atomic E-state index is 11.9. The minimum absolute atomic E-state index is 0.132. The van der Waals surface area contributed by atoms with E-state index in [-0.39, 0.29) is 30.0 Å².